The van der Waals surface area contributed by atoms with E-state index in [0.29, 0.717) is 19.0 Å². The summed E-state index contributed by atoms with van der Waals surface area (Å²) < 4.78 is 26.7. The van der Waals surface area contributed by atoms with Crippen molar-refractivity contribution < 1.29 is 18.8 Å². The summed E-state index contributed by atoms with van der Waals surface area (Å²) in [5.74, 6) is -1.97. The van der Waals surface area contributed by atoms with Crippen LogP contribution in [0, 0.1) is 27.2 Å². The highest BCUT2D eigenvalue weighted by atomic mass is 19.1. The molecule has 1 saturated carbocycles. The summed E-state index contributed by atoms with van der Waals surface area (Å²) in [4.78, 5) is 9.74. The molecule has 0 amide bonds. The predicted octanol–water partition coefficient (Wildman–Crippen LogP) is 2.13. The maximum Gasteiger partial charge on any atom is 0.305 e. The normalized spacial score (nSPS) is 16.1. The van der Waals surface area contributed by atoms with Crippen LogP contribution in [-0.4, -0.2) is 23.2 Å². The molecule has 0 aromatic heterocycles. The lowest BCUT2D eigenvalue weighted by atomic mass is 10.0. The van der Waals surface area contributed by atoms with Gasteiger partial charge in [-0.1, -0.05) is 0 Å². The van der Waals surface area contributed by atoms with Gasteiger partial charge in [-0.25, -0.2) is 4.39 Å². The summed E-state index contributed by atoms with van der Waals surface area (Å²) in [7, 11) is 0. The molecule has 1 aromatic carbocycles. The maximum atomic E-state index is 13.5. The summed E-state index contributed by atoms with van der Waals surface area (Å²) in [6.07, 6.45) is 2.70. The van der Waals surface area contributed by atoms with Crippen LogP contribution in [0.5, 0.6) is 0 Å². The Labute approximate surface area is 114 Å². The summed E-state index contributed by atoms with van der Waals surface area (Å²) >= 11 is 0. The van der Waals surface area contributed by atoms with Crippen LogP contribution in [0.3, 0.4) is 0 Å². The number of aliphatic hydroxyl groups excluding tert-OH is 1. The number of hydrogen-bond acceptors (Lipinski definition) is 4. The molecule has 2 rings (SSSR count). The number of aliphatic hydroxyl groups is 1. The molecule has 1 aliphatic carbocycles. The third kappa shape index (κ3) is 3.29. The molecule has 0 atom stereocenters. The van der Waals surface area contributed by atoms with E-state index in [1.807, 2.05) is 0 Å². The molecule has 20 heavy (non-hydrogen) atoms. The van der Waals surface area contributed by atoms with E-state index < -0.39 is 22.2 Å². The fourth-order valence-corrected chi connectivity index (χ4v) is 2.25. The fourth-order valence-electron chi connectivity index (χ4n) is 2.25. The topological polar surface area (TPSA) is 75.4 Å². The predicted molar refractivity (Wildman–Crippen MR) is 68.1 cm³/mol. The van der Waals surface area contributed by atoms with E-state index in [1.165, 1.54) is 0 Å². The average Bonchev–Trinajstić information content (AvgIpc) is 3.12. The van der Waals surface area contributed by atoms with Gasteiger partial charge in [0, 0.05) is 37.4 Å². The van der Waals surface area contributed by atoms with E-state index >= 15 is 0 Å². The Bertz CT molecular complexity index is 519. The largest absolute Gasteiger partial charge is 0.396 e. The molecule has 0 saturated heterocycles. The molecular formula is C13H16F2N2O3. The van der Waals surface area contributed by atoms with Crippen molar-refractivity contribution in [1.82, 2.24) is 5.32 Å². The molecule has 5 nitrogen and oxygen atoms in total. The molecule has 1 fully saturated rings. The Hall–Kier alpha value is -1.60. The van der Waals surface area contributed by atoms with E-state index in [9.17, 15) is 18.9 Å². The Balaban J connectivity index is 1.99. The van der Waals surface area contributed by atoms with E-state index in [1.54, 1.807) is 0 Å². The van der Waals surface area contributed by atoms with E-state index in [2.05, 4.69) is 5.32 Å². The molecule has 2 N–H and O–H groups in total. The van der Waals surface area contributed by atoms with Crippen LogP contribution in [0.2, 0.25) is 0 Å². The number of nitrogens with zero attached hydrogens (tertiary/aromatic N) is 1. The van der Waals surface area contributed by atoms with Gasteiger partial charge in [0.15, 0.2) is 0 Å². The molecule has 0 unspecified atom stereocenters. The monoisotopic (exact) mass is 286 g/mol. The molecule has 0 radical (unpaired) electrons. The Morgan fingerprint density at radius 3 is 2.60 bits per heavy atom. The zero-order chi connectivity index (χ0) is 14.8. The van der Waals surface area contributed by atoms with Crippen LogP contribution in [0.15, 0.2) is 12.1 Å². The first-order valence-electron chi connectivity index (χ1n) is 6.41. The Kier molecular flexibility index (Phi) is 4.29. The first kappa shape index (κ1) is 14.8. The molecule has 0 spiro atoms. The highest BCUT2D eigenvalue weighted by molar-refractivity contribution is 5.37. The minimum atomic E-state index is -1.17. The molecule has 0 heterocycles. The number of nitro benzene ring substituents is 1. The minimum absolute atomic E-state index is 0.0667. The number of benzene rings is 1. The zero-order valence-electron chi connectivity index (χ0n) is 10.9. The van der Waals surface area contributed by atoms with Crippen molar-refractivity contribution in [3.8, 4) is 0 Å². The quantitative estimate of drug-likeness (QED) is 0.594. The van der Waals surface area contributed by atoms with E-state index in [0.717, 1.165) is 18.9 Å². The van der Waals surface area contributed by atoms with Gasteiger partial charge < -0.3 is 10.4 Å². The van der Waals surface area contributed by atoms with Gasteiger partial charge >= 0.3 is 5.69 Å². The zero-order valence-corrected chi connectivity index (χ0v) is 10.9. The van der Waals surface area contributed by atoms with Gasteiger partial charge in [-0.3, -0.25) is 10.1 Å². The molecule has 0 bridgehead atoms. The SMILES string of the molecule is O=[N+]([O-])c1cc(CNCC2(CCO)CC2)c(F)cc1F. The molecule has 1 aliphatic rings. The number of rotatable bonds is 7. The molecule has 7 heteroatoms. The van der Waals surface area contributed by atoms with Gasteiger partial charge in [-0.2, -0.15) is 4.39 Å². The van der Waals surface area contributed by atoms with Crippen LogP contribution >= 0.6 is 0 Å². The number of nitrogens with one attached hydrogen (secondary N) is 1. The second-order valence-corrected chi connectivity index (χ2v) is 5.23. The molecular weight excluding hydrogens is 270 g/mol. The van der Waals surface area contributed by atoms with Crippen LogP contribution in [-0.2, 0) is 6.54 Å². The highest BCUT2D eigenvalue weighted by Gasteiger charge is 2.41. The van der Waals surface area contributed by atoms with E-state index in [4.69, 9.17) is 5.11 Å². The van der Waals surface area contributed by atoms with Crippen molar-refractivity contribution in [2.24, 2.45) is 5.41 Å². The summed E-state index contributed by atoms with van der Waals surface area (Å²) in [6.45, 7) is 0.816. The van der Waals surface area contributed by atoms with Crippen molar-refractivity contribution in [3.05, 3.63) is 39.4 Å². The highest BCUT2D eigenvalue weighted by Crippen LogP contribution is 2.47. The van der Waals surface area contributed by atoms with Gasteiger partial charge in [-0.05, 0) is 24.7 Å². The smallest absolute Gasteiger partial charge is 0.305 e. The van der Waals surface area contributed by atoms with Crippen molar-refractivity contribution in [2.45, 2.75) is 25.8 Å². The van der Waals surface area contributed by atoms with Crippen LogP contribution in [0.1, 0.15) is 24.8 Å². The van der Waals surface area contributed by atoms with Crippen molar-refractivity contribution in [3.63, 3.8) is 0 Å². The van der Waals surface area contributed by atoms with Gasteiger partial charge in [0.05, 0.1) is 4.92 Å². The molecule has 1 aromatic rings. The standard InChI is InChI=1S/C13H16F2N2O3/c14-10-6-11(15)12(17(19)20)5-9(10)7-16-8-13(1-2-13)3-4-18/h5-6,16,18H,1-4,7-8H2. The van der Waals surface area contributed by atoms with Gasteiger partial charge in [0.1, 0.15) is 5.82 Å². The van der Waals surface area contributed by atoms with Crippen molar-refractivity contribution in [2.75, 3.05) is 13.2 Å². The fraction of sp³-hybridized carbons (Fsp3) is 0.538. The lowest BCUT2D eigenvalue weighted by molar-refractivity contribution is -0.387. The third-order valence-corrected chi connectivity index (χ3v) is 3.73. The first-order chi connectivity index (χ1) is 9.47. The summed E-state index contributed by atoms with van der Waals surface area (Å²) in [5, 5.41) is 22.6. The second-order valence-electron chi connectivity index (χ2n) is 5.23. The second kappa shape index (κ2) is 5.80. The third-order valence-electron chi connectivity index (χ3n) is 3.73. The minimum Gasteiger partial charge on any atom is -0.396 e. The van der Waals surface area contributed by atoms with Crippen LogP contribution in [0.4, 0.5) is 14.5 Å². The van der Waals surface area contributed by atoms with Crippen LogP contribution in [0.25, 0.3) is 0 Å². The van der Waals surface area contributed by atoms with Gasteiger partial charge in [0.2, 0.25) is 5.82 Å². The van der Waals surface area contributed by atoms with E-state index in [-0.39, 0.29) is 24.1 Å². The Morgan fingerprint density at radius 2 is 2.05 bits per heavy atom. The molecule has 110 valence electrons. The number of halogens is 2. The average molecular weight is 286 g/mol. The number of hydrogen-bond donors (Lipinski definition) is 2. The van der Waals surface area contributed by atoms with Gasteiger partial charge in [0.25, 0.3) is 0 Å². The van der Waals surface area contributed by atoms with Crippen LogP contribution < -0.4 is 5.32 Å². The number of nitro groups is 1. The lowest BCUT2D eigenvalue weighted by Gasteiger charge is -2.14. The van der Waals surface area contributed by atoms with Crippen molar-refractivity contribution >= 4 is 5.69 Å². The first-order valence-corrected chi connectivity index (χ1v) is 6.41. The van der Waals surface area contributed by atoms with Gasteiger partial charge in [-0.15, -0.1) is 0 Å². The Morgan fingerprint density at radius 1 is 1.35 bits per heavy atom. The summed E-state index contributed by atoms with van der Waals surface area (Å²) in [6, 6.07) is 1.46. The maximum absolute atomic E-state index is 13.5. The summed E-state index contributed by atoms with van der Waals surface area (Å²) in [5.41, 5.74) is -0.588. The van der Waals surface area contributed by atoms with Crippen molar-refractivity contribution in [1.29, 1.82) is 0 Å². The molecule has 0 aliphatic heterocycles. The lowest BCUT2D eigenvalue weighted by Crippen LogP contribution is -2.25.